The number of hydrogen-bond acceptors (Lipinski definition) is 4. The molecule has 4 bridgehead atoms. The van der Waals surface area contributed by atoms with Crippen LogP contribution in [0.25, 0.3) is 0 Å². The molecule has 1 aromatic heterocycles. The molecular weight excluding hydrogens is 250 g/mol. The van der Waals surface area contributed by atoms with E-state index < -0.39 is 0 Å². The third-order valence-electron chi connectivity index (χ3n) is 5.85. The summed E-state index contributed by atoms with van der Waals surface area (Å²) >= 11 is 0. The molecule has 110 valence electrons. The Balaban J connectivity index is 1.61. The fraction of sp³-hybridized carbons (Fsp3) is 0.875. The molecule has 4 aliphatic rings. The molecule has 4 nitrogen and oxygen atoms in total. The molecule has 4 aliphatic carbocycles. The average Bonchev–Trinajstić information content (AvgIpc) is 2.87. The number of aromatic nitrogens is 2. The van der Waals surface area contributed by atoms with Gasteiger partial charge in [-0.25, -0.2) is 0 Å². The van der Waals surface area contributed by atoms with E-state index in [4.69, 9.17) is 10.2 Å². The van der Waals surface area contributed by atoms with Crippen LogP contribution in [0.5, 0.6) is 0 Å². The number of rotatable bonds is 4. The zero-order valence-corrected chi connectivity index (χ0v) is 12.3. The van der Waals surface area contributed by atoms with Crippen LogP contribution in [0, 0.1) is 17.8 Å². The maximum Gasteiger partial charge on any atom is 0.233 e. The van der Waals surface area contributed by atoms with Gasteiger partial charge in [-0.15, -0.1) is 10.2 Å². The summed E-state index contributed by atoms with van der Waals surface area (Å²) in [4.78, 5) is 0. The molecule has 4 heteroatoms. The van der Waals surface area contributed by atoms with Crippen molar-refractivity contribution in [3.8, 4) is 0 Å². The van der Waals surface area contributed by atoms with Crippen LogP contribution >= 0.6 is 0 Å². The van der Waals surface area contributed by atoms with Crippen molar-refractivity contribution in [3.05, 3.63) is 11.8 Å². The second-order valence-electron chi connectivity index (χ2n) is 7.54. The first-order valence-corrected chi connectivity index (χ1v) is 8.28. The van der Waals surface area contributed by atoms with Gasteiger partial charge in [0.05, 0.1) is 6.04 Å². The SMILES string of the molecule is CCCC(N)c1nnc(C23CC4CC(CC(C4)C2)C3)o1. The Morgan fingerprint density at radius 3 is 2.30 bits per heavy atom. The molecule has 1 heterocycles. The van der Waals surface area contributed by atoms with Gasteiger partial charge in [0.1, 0.15) is 0 Å². The lowest BCUT2D eigenvalue weighted by molar-refractivity contribution is -0.0184. The van der Waals surface area contributed by atoms with Gasteiger partial charge < -0.3 is 10.2 Å². The fourth-order valence-corrected chi connectivity index (χ4v) is 5.41. The molecule has 1 unspecified atom stereocenters. The largest absolute Gasteiger partial charge is 0.423 e. The molecular formula is C16H25N3O. The van der Waals surface area contributed by atoms with Crippen molar-refractivity contribution in [2.45, 2.75) is 69.7 Å². The highest BCUT2D eigenvalue weighted by Gasteiger charge is 2.54. The molecule has 0 aliphatic heterocycles. The van der Waals surface area contributed by atoms with Crippen molar-refractivity contribution in [2.75, 3.05) is 0 Å². The monoisotopic (exact) mass is 275 g/mol. The van der Waals surface area contributed by atoms with Gasteiger partial charge in [-0.2, -0.15) is 0 Å². The van der Waals surface area contributed by atoms with E-state index in [9.17, 15) is 0 Å². The van der Waals surface area contributed by atoms with Crippen LogP contribution in [0.3, 0.4) is 0 Å². The zero-order valence-electron chi connectivity index (χ0n) is 12.3. The van der Waals surface area contributed by atoms with Crippen molar-refractivity contribution >= 4 is 0 Å². The molecule has 20 heavy (non-hydrogen) atoms. The Morgan fingerprint density at radius 1 is 1.15 bits per heavy atom. The second-order valence-corrected chi connectivity index (χ2v) is 7.54. The van der Waals surface area contributed by atoms with Crippen LogP contribution in [0.15, 0.2) is 4.42 Å². The van der Waals surface area contributed by atoms with Crippen molar-refractivity contribution in [3.63, 3.8) is 0 Å². The van der Waals surface area contributed by atoms with Gasteiger partial charge in [-0.3, -0.25) is 0 Å². The highest BCUT2D eigenvalue weighted by atomic mass is 16.4. The summed E-state index contributed by atoms with van der Waals surface area (Å²) in [6, 6.07) is -0.0878. The number of nitrogens with zero attached hydrogens (tertiary/aromatic N) is 2. The first kappa shape index (κ1) is 12.8. The van der Waals surface area contributed by atoms with E-state index >= 15 is 0 Å². The van der Waals surface area contributed by atoms with Crippen molar-refractivity contribution in [1.29, 1.82) is 0 Å². The Kier molecular flexibility index (Phi) is 2.92. The van der Waals surface area contributed by atoms with E-state index in [1.807, 2.05) is 0 Å². The van der Waals surface area contributed by atoms with Gasteiger partial charge in [0.25, 0.3) is 0 Å². The van der Waals surface area contributed by atoms with Gasteiger partial charge >= 0.3 is 0 Å². The van der Waals surface area contributed by atoms with Crippen LogP contribution < -0.4 is 5.73 Å². The molecule has 0 aromatic carbocycles. The summed E-state index contributed by atoms with van der Waals surface area (Å²) in [5.41, 5.74) is 6.31. The maximum absolute atomic E-state index is 6.11. The molecule has 2 N–H and O–H groups in total. The lowest BCUT2D eigenvalue weighted by atomic mass is 9.49. The van der Waals surface area contributed by atoms with Gasteiger partial charge in [0.2, 0.25) is 11.8 Å². The smallest absolute Gasteiger partial charge is 0.233 e. The Labute approximate surface area is 120 Å². The van der Waals surface area contributed by atoms with Crippen molar-refractivity contribution < 1.29 is 4.42 Å². The highest BCUT2D eigenvalue weighted by Crippen LogP contribution is 2.60. The minimum absolute atomic E-state index is 0.0878. The third kappa shape index (κ3) is 1.92. The van der Waals surface area contributed by atoms with Crippen LogP contribution in [0.4, 0.5) is 0 Å². The van der Waals surface area contributed by atoms with E-state index in [1.165, 1.54) is 38.5 Å². The van der Waals surface area contributed by atoms with Gasteiger partial charge in [0.15, 0.2) is 0 Å². The third-order valence-corrected chi connectivity index (χ3v) is 5.85. The fourth-order valence-electron chi connectivity index (χ4n) is 5.41. The van der Waals surface area contributed by atoms with Gasteiger partial charge in [-0.05, 0) is 62.7 Å². The number of hydrogen-bond donors (Lipinski definition) is 1. The molecule has 1 aromatic rings. The molecule has 1 atom stereocenters. The highest BCUT2D eigenvalue weighted by molar-refractivity contribution is 5.15. The lowest BCUT2D eigenvalue weighted by Gasteiger charge is -2.55. The van der Waals surface area contributed by atoms with E-state index in [1.54, 1.807) is 0 Å². The van der Waals surface area contributed by atoms with E-state index in [0.29, 0.717) is 5.89 Å². The molecule has 0 saturated heterocycles. The standard InChI is InChI=1S/C16H25N3O/c1-2-3-13(17)14-18-19-15(20-14)16-7-10-4-11(8-16)6-12(5-10)9-16/h10-13H,2-9,17H2,1H3. The van der Waals surface area contributed by atoms with Crippen LogP contribution in [-0.2, 0) is 5.41 Å². The van der Waals surface area contributed by atoms with Crippen LogP contribution in [0.1, 0.15) is 76.1 Å². The van der Waals surface area contributed by atoms with Crippen molar-refractivity contribution in [1.82, 2.24) is 10.2 Å². The molecule has 4 fully saturated rings. The second kappa shape index (κ2) is 4.55. The predicted molar refractivity (Wildman–Crippen MR) is 76.0 cm³/mol. The van der Waals surface area contributed by atoms with Gasteiger partial charge in [-0.1, -0.05) is 13.3 Å². The van der Waals surface area contributed by atoms with E-state index in [-0.39, 0.29) is 11.5 Å². The Bertz CT molecular complexity index is 460. The predicted octanol–water partition coefficient (Wildman–Crippen LogP) is 3.34. The van der Waals surface area contributed by atoms with Crippen LogP contribution in [-0.4, -0.2) is 10.2 Å². The summed E-state index contributed by atoms with van der Waals surface area (Å²) in [5, 5.41) is 8.66. The minimum atomic E-state index is -0.0878. The van der Waals surface area contributed by atoms with E-state index in [0.717, 1.165) is 36.5 Å². The van der Waals surface area contributed by atoms with E-state index in [2.05, 4.69) is 17.1 Å². The first-order chi connectivity index (χ1) is 9.68. The summed E-state index contributed by atoms with van der Waals surface area (Å²) < 4.78 is 6.04. The molecule has 5 rings (SSSR count). The first-order valence-electron chi connectivity index (χ1n) is 8.28. The maximum atomic E-state index is 6.11. The normalized spacial score (nSPS) is 40.2. The summed E-state index contributed by atoms with van der Waals surface area (Å²) in [6.45, 7) is 2.14. The average molecular weight is 275 g/mol. The lowest BCUT2D eigenvalue weighted by Crippen LogP contribution is -2.48. The topological polar surface area (TPSA) is 64.9 Å². The van der Waals surface area contributed by atoms with Crippen LogP contribution in [0.2, 0.25) is 0 Å². The zero-order chi connectivity index (χ0) is 13.7. The van der Waals surface area contributed by atoms with Crippen molar-refractivity contribution in [2.24, 2.45) is 23.5 Å². The summed E-state index contributed by atoms with van der Waals surface area (Å²) in [6.07, 6.45) is 10.1. The number of nitrogens with two attached hydrogens (primary N) is 1. The molecule has 0 radical (unpaired) electrons. The summed E-state index contributed by atoms with van der Waals surface area (Å²) in [7, 11) is 0. The molecule has 0 amide bonds. The minimum Gasteiger partial charge on any atom is -0.423 e. The summed E-state index contributed by atoms with van der Waals surface area (Å²) in [5.74, 6) is 4.26. The Hall–Kier alpha value is -0.900. The molecule has 0 spiro atoms. The Morgan fingerprint density at radius 2 is 1.75 bits per heavy atom. The molecule has 4 saturated carbocycles. The van der Waals surface area contributed by atoms with Gasteiger partial charge in [0, 0.05) is 5.41 Å². The quantitative estimate of drug-likeness (QED) is 0.915.